The van der Waals surface area contributed by atoms with Crippen LogP contribution in [-0.2, 0) is 19.6 Å². The Bertz CT molecular complexity index is 1200. The lowest BCUT2D eigenvalue weighted by atomic mass is 10.2. The Labute approximate surface area is 153 Å². The second kappa shape index (κ2) is 6.16. The van der Waals surface area contributed by atoms with Gasteiger partial charge in [0.2, 0.25) is 6.10 Å². The number of aromatic nitrogens is 1. The number of fused-ring (bicyclic) bond motifs is 2. The van der Waals surface area contributed by atoms with E-state index in [1.165, 1.54) is 25.3 Å². The molecule has 2 heterocycles. The van der Waals surface area contributed by atoms with Crippen LogP contribution >= 0.6 is 0 Å². The van der Waals surface area contributed by atoms with Gasteiger partial charge in [0.25, 0.3) is 10.0 Å². The Kier molecular flexibility index (Phi) is 3.92. The van der Waals surface area contributed by atoms with Crippen molar-refractivity contribution in [2.24, 2.45) is 0 Å². The largest absolute Gasteiger partial charge is 0.475 e. The van der Waals surface area contributed by atoms with Gasteiger partial charge in [-0.2, -0.15) is 0 Å². The van der Waals surface area contributed by atoms with E-state index in [1.807, 2.05) is 0 Å². The van der Waals surface area contributed by atoms with Crippen molar-refractivity contribution in [1.82, 2.24) is 4.98 Å². The zero-order valence-corrected chi connectivity index (χ0v) is 14.9. The summed E-state index contributed by atoms with van der Waals surface area (Å²) >= 11 is 0. The van der Waals surface area contributed by atoms with E-state index >= 15 is 0 Å². The number of benzene rings is 2. The maximum Gasteiger partial charge on any atom is 0.417 e. The molecule has 0 unspecified atom stereocenters. The summed E-state index contributed by atoms with van der Waals surface area (Å²) in [6, 6.07) is 10.5. The van der Waals surface area contributed by atoms with Gasteiger partial charge in [-0.1, -0.05) is 12.1 Å². The molecule has 0 amide bonds. The smallest absolute Gasteiger partial charge is 0.417 e. The van der Waals surface area contributed by atoms with Crippen LogP contribution in [0.4, 0.5) is 5.69 Å². The number of H-pyrrole nitrogens is 1. The van der Waals surface area contributed by atoms with Gasteiger partial charge in [0.1, 0.15) is 5.75 Å². The van der Waals surface area contributed by atoms with E-state index in [0.29, 0.717) is 11.2 Å². The molecule has 27 heavy (non-hydrogen) atoms. The van der Waals surface area contributed by atoms with E-state index in [1.54, 1.807) is 24.3 Å². The standard InChI is InChI=1S/C17H14N2O7S/c1-24-16(20)15-9-19(12-4-2-3-5-13(12)25-15)27(22,23)10-6-7-11-14(8-10)26-17(21)18-11/h2-8,15H,9H2,1H3,(H,18,21)/t15-/m1/s1. The molecule has 1 aromatic heterocycles. The summed E-state index contributed by atoms with van der Waals surface area (Å²) in [4.78, 5) is 25.6. The van der Waals surface area contributed by atoms with Gasteiger partial charge in [-0.3, -0.25) is 9.29 Å². The second-order valence-corrected chi connectivity index (χ2v) is 7.67. The highest BCUT2D eigenvalue weighted by molar-refractivity contribution is 7.92. The van der Waals surface area contributed by atoms with Crippen molar-refractivity contribution in [3.8, 4) is 5.75 Å². The summed E-state index contributed by atoms with van der Waals surface area (Å²) in [6.45, 7) is -0.249. The highest BCUT2D eigenvalue weighted by atomic mass is 32.2. The topological polar surface area (TPSA) is 119 Å². The number of oxazole rings is 1. The van der Waals surface area contributed by atoms with Crippen LogP contribution in [0.5, 0.6) is 5.75 Å². The predicted molar refractivity (Wildman–Crippen MR) is 94.2 cm³/mol. The van der Waals surface area contributed by atoms with Gasteiger partial charge in [-0.25, -0.2) is 18.0 Å². The number of ether oxygens (including phenoxy) is 2. The lowest BCUT2D eigenvalue weighted by Crippen LogP contribution is -2.47. The molecule has 2 aromatic carbocycles. The molecule has 3 aromatic rings. The first-order valence-corrected chi connectivity index (χ1v) is 9.33. The van der Waals surface area contributed by atoms with Gasteiger partial charge >= 0.3 is 11.7 Å². The predicted octanol–water partition coefficient (Wildman–Crippen LogP) is 1.25. The van der Waals surface area contributed by atoms with E-state index in [2.05, 4.69) is 4.98 Å². The molecule has 10 heteroatoms. The minimum Gasteiger partial charge on any atom is -0.475 e. The first-order valence-electron chi connectivity index (χ1n) is 7.89. The molecular formula is C17H14N2O7S. The van der Waals surface area contributed by atoms with E-state index in [9.17, 15) is 18.0 Å². The molecule has 4 rings (SSSR count). The fourth-order valence-corrected chi connectivity index (χ4v) is 4.39. The number of rotatable bonds is 3. The highest BCUT2D eigenvalue weighted by Crippen LogP contribution is 2.37. The molecule has 0 radical (unpaired) electrons. The highest BCUT2D eigenvalue weighted by Gasteiger charge is 2.38. The van der Waals surface area contributed by atoms with Crippen LogP contribution in [0.25, 0.3) is 11.1 Å². The number of aromatic amines is 1. The quantitative estimate of drug-likeness (QED) is 0.669. The van der Waals surface area contributed by atoms with Crippen molar-refractivity contribution in [2.75, 3.05) is 18.0 Å². The second-order valence-electron chi connectivity index (χ2n) is 5.81. The van der Waals surface area contributed by atoms with Crippen molar-refractivity contribution in [2.45, 2.75) is 11.0 Å². The number of nitrogens with zero attached hydrogens (tertiary/aromatic N) is 1. The molecule has 0 spiro atoms. The van der Waals surface area contributed by atoms with E-state index in [4.69, 9.17) is 13.9 Å². The molecule has 0 saturated heterocycles. The molecule has 1 aliphatic heterocycles. The number of nitrogens with one attached hydrogen (secondary N) is 1. The third-order valence-corrected chi connectivity index (χ3v) is 5.96. The third-order valence-electron chi connectivity index (χ3n) is 4.18. The van der Waals surface area contributed by atoms with Crippen molar-refractivity contribution in [3.05, 3.63) is 53.0 Å². The van der Waals surface area contributed by atoms with Gasteiger partial charge in [-0.15, -0.1) is 0 Å². The average Bonchev–Trinajstić information content (AvgIpc) is 3.05. The SMILES string of the molecule is COC(=O)[C@H]1CN(S(=O)(=O)c2ccc3[nH]c(=O)oc3c2)c2ccccc2O1. The first kappa shape index (κ1) is 17.2. The number of esters is 1. The van der Waals surface area contributed by atoms with Gasteiger partial charge in [0.15, 0.2) is 5.58 Å². The number of hydrogen-bond donors (Lipinski definition) is 1. The Morgan fingerprint density at radius 2 is 2.04 bits per heavy atom. The molecule has 1 N–H and O–H groups in total. The molecule has 0 aliphatic carbocycles. The summed E-state index contributed by atoms with van der Waals surface area (Å²) in [5.74, 6) is -1.12. The summed E-state index contributed by atoms with van der Waals surface area (Å²) < 4.78 is 42.8. The Hall–Kier alpha value is -3.27. The van der Waals surface area contributed by atoms with E-state index in [0.717, 1.165) is 4.31 Å². The van der Waals surface area contributed by atoms with Crippen molar-refractivity contribution in [1.29, 1.82) is 0 Å². The number of carbonyl (C=O) groups excluding carboxylic acids is 1. The minimum atomic E-state index is -4.06. The van der Waals surface area contributed by atoms with Gasteiger partial charge in [0, 0.05) is 6.07 Å². The monoisotopic (exact) mass is 390 g/mol. The summed E-state index contributed by atoms with van der Waals surface area (Å²) in [7, 11) is -2.86. The number of hydrogen-bond acceptors (Lipinski definition) is 7. The zero-order valence-electron chi connectivity index (χ0n) is 14.0. The van der Waals surface area contributed by atoms with Crippen LogP contribution in [0.1, 0.15) is 0 Å². The zero-order chi connectivity index (χ0) is 19.2. The minimum absolute atomic E-state index is 0.0851. The molecule has 0 bridgehead atoms. The van der Waals surface area contributed by atoms with E-state index in [-0.39, 0.29) is 22.8 Å². The van der Waals surface area contributed by atoms with Crippen LogP contribution in [0.15, 0.2) is 56.6 Å². The summed E-state index contributed by atoms with van der Waals surface area (Å²) in [5.41, 5.74) is 0.800. The number of para-hydroxylation sites is 2. The van der Waals surface area contributed by atoms with Crippen LogP contribution in [0.3, 0.4) is 0 Å². The molecule has 9 nitrogen and oxygen atoms in total. The Morgan fingerprint density at radius 3 is 2.81 bits per heavy atom. The molecular weight excluding hydrogens is 376 g/mol. The fourth-order valence-electron chi connectivity index (χ4n) is 2.90. The Morgan fingerprint density at radius 1 is 1.26 bits per heavy atom. The number of carbonyl (C=O) groups is 1. The van der Waals surface area contributed by atoms with Gasteiger partial charge in [0.05, 0.1) is 29.8 Å². The summed E-state index contributed by atoms with van der Waals surface area (Å²) in [5, 5.41) is 0. The third kappa shape index (κ3) is 2.83. The number of sulfonamides is 1. The fraction of sp³-hybridized carbons (Fsp3) is 0.176. The Balaban J connectivity index is 1.83. The normalized spacial score (nSPS) is 16.6. The van der Waals surface area contributed by atoms with Crippen LogP contribution < -0.4 is 14.8 Å². The van der Waals surface area contributed by atoms with Crippen molar-refractivity contribution >= 4 is 32.8 Å². The maximum absolute atomic E-state index is 13.2. The molecule has 0 fully saturated rings. The average molecular weight is 390 g/mol. The lowest BCUT2D eigenvalue weighted by molar-refractivity contribution is -0.148. The van der Waals surface area contributed by atoms with Crippen LogP contribution in [0, 0.1) is 0 Å². The van der Waals surface area contributed by atoms with E-state index < -0.39 is 27.9 Å². The lowest BCUT2D eigenvalue weighted by Gasteiger charge is -2.34. The van der Waals surface area contributed by atoms with Crippen LogP contribution in [0.2, 0.25) is 0 Å². The number of methoxy groups -OCH3 is 1. The van der Waals surface area contributed by atoms with Gasteiger partial charge in [-0.05, 0) is 24.3 Å². The molecule has 1 atom stereocenters. The van der Waals surface area contributed by atoms with Crippen molar-refractivity contribution in [3.63, 3.8) is 0 Å². The summed E-state index contributed by atoms with van der Waals surface area (Å²) in [6.07, 6.45) is -1.10. The first-order chi connectivity index (χ1) is 12.9. The molecule has 140 valence electrons. The molecule has 1 aliphatic rings. The van der Waals surface area contributed by atoms with Crippen LogP contribution in [-0.4, -0.2) is 39.1 Å². The maximum atomic E-state index is 13.2. The van der Waals surface area contributed by atoms with Gasteiger partial charge < -0.3 is 13.9 Å². The number of anilines is 1. The van der Waals surface area contributed by atoms with Crippen molar-refractivity contribution < 1.29 is 27.1 Å². The molecule has 0 saturated carbocycles.